The highest BCUT2D eigenvalue weighted by atomic mass is 32.1. The van der Waals surface area contributed by atoms with E-state index in [4.69, 9.17) is 14.2 Å². The molecule has 0 saturated heterocycles. The number of hydrogen-bond acceptors (Lipinski definition) is 9. The highest BCUT2D eigenvalue weighted by Crippen LogP contribution is 2.39. The van der Waals surface area contributed by atoms with E-state index in [9.17, 15) is 19.2 Å². The van der Waals surface area contributed by atoms with E-state index in [1.807, 2.05) is 0 Å². The smallest absolute Gasteiger partial charge is 0.343 e. The maximum atomic E-state index is 12.7. The Morgan fingerprint density at radius 2 is 1.74 bits per heavy atom. The molecule has 0 radical (unpaired) electrons. The first kappa shape index (κ1) is 26.6. The van der Waals surface area contributed by atoms with Crippen molar-refractivity contribution >= 4 is 45.8 Å². The van der Waals surface area contributed by atoms with Gasteiger partial charge < -0.3 is 19.5 Å². The van der Waals surface area contributed by atoms with Gasteiger partial charge in [0.05, 0.1) is 31.1 Å². The second-order valence-electron chi connectivity index (χ2n) is 8.26. The first-order valence-electron chi connectivity index (χ1n) is 11.7. The second-order valence-corrected chi connectivity index (χ2v) is 9.37. The van der Waals surface area contributed by atoms with E-state index in [1.165, 1.54) is 25.6 Å². The van der Waals surface area contributed by atoms with Crippen molar-refractivity contribution in [3.05, 3.63) is 75.7 Å². The summed E-state index contributed by atoms with van der Waals surface area (Å²) in [5.74, 6) is -2.44. The zero-order valence-electron chi connectivity index (χ0n) is 21.0. The lowest BCUT2D eigenvalue weighted by Crippen LogP contribution is -2.33. The zero-order valence-corrected chi connectivity index (χ0v) is 21.8. The van der Waals surface area contributed by atoms with Gasteiger partial charge in [0, 0.05) is 10.4 Å². The fourth-order valence-corrected chi connectivity index (χ4v) is 5.25. The number of anilines is 1. The third-order valence-corrected chi connectivity index (χ3v) is 7.06. The van der Waals surface area contributed by atoms with E-state index in [1.54, 1.807) is 55.5 Å². The lowest BCUT2D eigenvalue weighted by atomic mass is 10.1. The molecule has 0 spiro atoms. The number of nitrogens with zero attached hydrogens (tertiary/aromatic N) is 1. The summed E-state index contributed by atoms with van der Waals surface area (Å²) in [5.41, 5.74) is 4.38. The second kappa shape index (κ2) is 11.7. The molecule has 0 fully saturated rings. The lowest BCUT2D eigenvalue weighted by Gasteiger charge is -2.11. The molecule has 2 aromatic carbocycles. The molecule has 38 heavy (non-hydrogen) atoms. The minimum absolute atomic E-state index is 0.219. The Bertz CT molecular complexity index is 1440. The number of ether oxygens (including phenoxy) is 3. The van der Waals surface area contributed by atoms with Crippen LogP contribution in [0.4, 0.5) is 5.00 Å². The van der Waals surface area contributed by atoms with Gasteiger partial charge in [-0.2, -0.15) is 5.10 Å². The molecular weight excluding hydrogens is 510 g/mol. The molecule has 2 N–H and O–H groups in total. The Morgan fingerprint density at radius 1 is 0.947 bits per heavy atom. The zero-order chi connectivity index (χ0) is 27.2. The first-order chi connectivity index (χ1) is 18.3. The van der Waals surface area contributed by atoms with Crippen molar-refractivity contribution in [2.24, 2.45) is 5.10 Å². The maximum Gasteiger partial charge on any atom is 0.343 e. The molecule has 0 aliphatic heterocycles. The monoisotopic (exact) mass is 535 g/mol. The summed E-state index contributed by atoms with van der Waals surface area (Å²) in [4.78, 5) is 51.0. The van der Waals surface area contributed by atoms with Gasteiger partial charge in [-0.15, -0.1) is 11.3 Å². The highest BCUT2D eigenvalue weighted by molar-refractivity contribution is 7.17. The highest BCUT2D eigenvalue weighted by Gasteiger charge is 2.29. The number of amides is 2. The van der Waals surface area contributed by atoms with Gasteiger partial charge in [0.15, 0.2) is 0 Å². The summed E-state index contributed by atoms with van der Waals surface area (Å²) >= 11 is 1.26. The van der Waals surface area contributed by atoms with Crippen molar-refractivity contribution in [1.82, 2.24) is 5.43 Å². The van der Waals surface area contributed by atoms with Crippen LogP contribution in [-0.4, -0.2) is 43.7 Å². The molecule has 196 valence electrons. The summed E-state index contributed by atoms with van der Waals surface area (Å²) < 4.78 is 15.6. The van der Waals surface area contributed by atoms with Crippen molar-refractivity contribution in [3.8, 4) is 11.5 Å². The van der Waals surface area contributed by atoms with Gasteiger partial charge >= 0.3 is 23.8 Å². The summed E-state index contributed by atoms with van der Waals surface area (Å²) in [6.07, 6.45) is 2.44. The third-order valence-electron chi connectivity index (χ3n) is 5.85. The number of aryl methyl sites for hydroxylation is 1. The molecule has 0 saturated carbocycles. The van der Waals surface area contributed by atoms with E-state index in [-0.39, 0.29) is 16.3 Å². The first-order valence-corrected chi connectivity index (χ1v) is 12.5. The van der Waals surface area contributed by atoms with Gasteiger partial charge in [-0.1, -0.05) is 18.2 Å². The molecule has 0 bridgehead atoms. The SMILES string of the molecule is COC(=O)c1c(NC(=O)C(=O)N/N=C(\C)c2ccccc2OC(=O)c2cccc(OC)c2)sc2c1CCC2. The molecule has 0 atom stereocenters. The standard InChI is InChI=1S/C27H25N3O7S/c1-15(18-10-4-5-12-20(18)37-26(33)16-8-6-9-17(14-16)35-2)29-30-24(32)23(31)28-25-22(27(34)36-3)19-11-7-13-21(19)38-25/h4-6,8-10,12,14H,7,11,13H2,1-3H3,(H,28,31)(H,30,32)/b29-15+. The number of carbonyl (C=O) groups is 4. The number of hydrazone groups is 1. The van der Waals surface area contributed by atoms with E-state index in [0.29, 0.717) is 29.0 Å². The minimum atomic E-state index is -1.03. The molecule has 1 heterocycles. The Morgan fingerprint density at radius 3 is 2.50 bits per heavy atom. The van der Waals surface area contributed by atoms with Crippen LogP contribution in [0.5, 0.6) is 11.5 Å². The van der Waals surface area contributed by atoms with Crippen molar-refractivity contribution < 1.29 is 33.4 Å². The molecule has 2 amide bonds. The Kier molecular flexibility index (Phi) is 8.17. The lowest BCUT2D eigenvalue weighted by molar-refractivity contribution is -0.136. The number of rotatable bonds is 7. The normalized spacial score (nSPS) is 12.3. The number of hydrogen-bond donors (Lipinski definition) is 2. The minimum Gasteiger partial charge on any atom is -0.497 e. The molecule has 1 aliphatic rings. The summed E-state index contributed by atoms with van der Waals surface area (Å²) in [5, 5.41) is 6.78. The molecule has 3 aromatic rings. The van der Waals surface area contributed by atoms with Gasteiger partial charge in [-0.25, -0.2) is 15.0 Å². The van der Waals surface area contributed by atoms with Crippen LogP contribution < -0.4 is 20.2 Å². The molecule has 10 nitrogen and oxygen atoms in total. The number of fused-ring (bicyclic) bond motifs is 1. The number of methoxy groups -OCH3 is 2. The Balaban J connectivity index is 1.45. The van der Waals surface area contributed by atoms with E-state index in [0.717, 1.165) is 23.3 Å². The average molecular weight is 536 g/mol. The van der Waals surface area contributed by atoms with Crippen LogP contribution in [0.15, 0.2) is 53.6 Å². The number of esters is 2. The van der Waals surface area contributed by atoms with E-state index < -0.39 is 23.8 Å². The quantitative estimate of drug-likeness (QED) is 0.155. The van der Waals surface area contributed by atoms with Gasteiger partial charge in [0.2, 0.25) is 0 Å². The van der Waals surface area contributed by atoms with Crippen LogP contribution in [0.25, 0.3) is 0 Å². The summed E-state index contributed by atoms with van der Waals surface area (Å²) in [7, 11) is 2.77. The predicted molar refractivity (Wildman–Crippen MR) is 141 cm³/mol. The maximum absolute atomic E-state index is 12.7. The van der Waals surface area contributed by atoms with Crippen LogP contribution in [0.1, 0.15) is 50.1 Å². The number of thiophene rings is 1. The van der Waals surface area contributed by atoms with E-state index in [2.05, 4.69) is 15.8 Å². The molecule has 0 unspecified atom stereocenters. The molecule has 4 rings (SSSR count). The molecule has 1 aliphatic carbocycles. The fourth-order valence-electron chi connectivity index (χ4n) is 3.98. The van der Waals surface area contributed by atoms with E-state index >= 15 is 0 Å². The molecule has 11 heteroatoms. The van der Waals surface area contributed by atoms with Crippen LogP contribution in [0.3, 0.4) is 0 Å². The van der Waals surface area contributed by atoms with Gasteiger partial charge in [-0.05, 0) is 62.1 Å². The molecule has 1 aromatic heterocycles. The van der Waals surface area contributed by atoms with Gasteiger partial charge in [-0.3, -0.25) is 9.59 Å². The van der Waals surface area contributed by atoms with Crippen molar-refractivity contribution in [2.45, 2.75) is 26.2 Å². The van der Waals surface area contributed by atoms with Gasteiger partial charge in [0.25, 0.3) is 0 Å². The Labute approximate surface area is 222 Å². The largest absolute Gasteiger partial charge is 0.497 e. The number of benzene rings is 2. The number of nitrogens with one attached hydrogen (secondary N) is 2. The van der Waals surface area contributed by atoms with Crippen LogP contribution in [0.2, 0.25) is 0 Å². The third kappa shape index (κ3) is 5.73. The topological polar surface area (TPSA) is 132 Å². The van der Waals surface area contributed by atoms with Crippen molar-refractivity contribution in [1.29, 1.82) is 0 Å². The number of para-hydroxylation sites is 1. The van der Waals surface area contributed by atoms with Crippen LogP contribution in [0, 0.1) is 0 Å². The average Bonchev–Trinajstić information content (AvgIpc) is 3.52. The fraction of sp³-hybridized carbons (Fsp3) is 0.222. The van der Waals surface area contributed by atoms with Gasteiger partial charge in [0.1, 0.15) is 16.5 Å². The van der Waals surface area contributed by atoms with Crippen LogP contribution >= 0.6 is 11.3 Å². The van der Waals surface area contributed by atoms with Crippen molar-refractivity contribution in [3.63, 3.8) is 0 Å². The summed E-state index contributed by atoms with van der Waals surface area (Å²) in [6, 6.07) is 13.2. The Hall–Kier alpha value is -4.51. The van der Waals surface area contributed by atoms with Crippen LogP contribution in [-0.2, 0) is 27.2 Å². The number of carbonyl (C=O) groups excluding carboxylic acids is 4. The predicted octanol–water partition coefficient (Wildman–Crippen LogP) is 3.73. The summed E-state index contributed by atoms with van der Waals surface area (Å²) in [6.45, 7) is 1.59. The van der Waals surface area contributed by atoms with Crippen molar-refractivity contribution in [2.75, 3.05) is 19.5 Å². The molecular formula is C27H25N3O7S.